The number of hydrogen-bond acceptors (Lipinski definition) is 1. The Balaban J connectivity index is 1.75. The van der Waals surface area contributed by atoms with Crippen molar-refractivity contribution >= 4 is 5.91 Å². The number of aryl methyl sites for hydroxylation is 1. The number of benzene rings is 2. The van der Waals surface area contributed by atoms with Crippen molar-refractivity contribution in [2.45, 2.75) is 32.2 Å². The normalized spacial score (nSPS) is 11.9. The summed E-state index contributed by atoms with van der Waals surface area (Å²) in [5.74, 6) is -0.308. The molecule has 21 heavy (non-hydrogen) atoms. The molecule has 0 saturated carbocycles. The molecule has 0 aliphatic heterocycles. The molecule has 0 heterocycles. The van der Waals surface area contributed by atoms with Gasteiger partial charge in [0.2, 0.25) is 5.91 Å². The minimum absolute atomic E-state index is 0.0258. The molecule has 0 unspecified atom stereocenters. The summed E-state index contributed by atoms with van der Waals surface area (Å²) in [4.78, 5) is 11.9. The molecule has 0 saturated heterocycles. The van der Waals surface area contributed by atoms with Crippen LogP contribution in [0.3, 0.4) is 0 Å². The molecule has 0 aliphatic rings. The Labute approximate surface area is 125 Å². The largest absolute Gasteiger partial charge is 0.353 e. The van der Waals surface area contributed by atoms with Crippen LogP contribution in [0.5, 0.6) is 0 Å². The fraction of sp³-hybridized carbons (Fsp3) is 0.278. The third-order valence-electron chi connectivity index (χ3n) is 3.39. The van der Waals surface area contributed by atoms with Gasteiger partial charge in [0.25, 0.3) is 0 Å². The van der Waals surface area contributed by atoms with E-state index in [2.05, 4.69) is 17.4 Å². The molecule has 2 nitrogen and oxygen atoms in total. The average Bonchev–Trinajstić information content (AvgIpc) is 2.48. The van der Waals surface area contributed by atoms with Crippen LogP contribution < -0.4 is 5.32 Å². The van der Waals surface area contributed by atoms with Gasteiger partial charge >= 0.3 is 0 Å². The van der Waals surface area contributed by atoms with E-state index in [9.17, 15) is 9.18 Å². The summed E-state index contributed by atoms with van der Waals surface area (Å²) >= 11 is 0. The van der Waals surface area contributed by atoms with Crippen LogP contribution >= 0.6 is 0 Å². The molecular formula is C18H20FNO. The Morgan fingerprint density at radius 1 is 1.05 bits per heavy atom. The maximum atomic E-state index is 12.8. The first-order valence-electron chi connectivity index (χ1n) is 7.21. The van der Waals surface area contributed by atoms with Gasteiger partial charge in [0, 0.05) is 6.04 Å². The first-order chi connectivity index (χ1) is 10.1. The lowest BCUT2D eigenvalue weighted by Gasteiger charge is -2.14. The first kappa shape index (κ1) is 15.2. The maximum Gasteiger partial charge on any atom is 0.224 e. The lowest BCUT2D eigenvalue weighted by Crippen LogP contribution is -2.34. The van der Waals surface area contributed by atoms with Gasteiger partial charge in [0.05, 0.1) is 6.42 Å². The zero-order valence-electron chi connectivity index (χ0n) is 12.2. The molecule has 0 spiro atoms. The molecule has 0 fully saturated rings. The predicted octanol–water partition coefficient (Wildman–Crippen LogP) is 3.51. The lowest BCUT2D eigenvalue weighted by atomic mass is 10.1. The summed E-state index contributed by atoms with van der Waals surface area (Å²) in [5.41, 5.74) is 2.10. The van der Waals surface area contributed by atoms with Crippen molar-refractivity contribution in [1.82, 2.24) is 5.32 Å². The predicted molar refractivity (Wildman–Crippen MR) is 82.5 cm³/mol. The monoisotopic (exact) mass is 285 g/mol. The van der Waals surface area contributed by atoms with E-state index >= 15 is 0 Å². The number of halogens is 1. The van der Waals surface area contributed by atoms with E-state index in [0.29, 0.717) is 0 Å². The molecule has 1 N–H and O–H groups in total. The van der Waals surface area contributed by atoms with Crippen LogP contribution in [0, 0.1) is 5.82 Å². The number of carbonyl (C=O) groups excluding carboxylic acids is 1. The van der Waals surface area contributed by atoms with E-state index in [1.165, 1.54) is 17.7 Å². The van der Waals surface area contributed by atoms with Gasteiger partial charge < -0.3 is 5.32 Å². The smallest absolute Gasteiger partial charge is 0.224 e. The van der Waals surface area contributed by atoms with Crippen LogP contribution in [0.15, 0.2) is 54.6 Å². The van der Waals surface area contributed by atoms with Crippen LogP contribution in [-0.2, 0) is 17.6 Å². The summed E-state index contributed by atoms with van der Waals surface area (Å²) in [7, 11) is 0. The fourth-order valence-electron chi connectivity index (χ4n) is 2.21. The molecule has 0 bridgehead atoms. The highest BCUT2D eigenvalue weighted by Gasteiger charge is 2.08. The molecule has 0 aromatic heterocycles. The van der Waals surface area contributed by atoms with E-state index in [4.69, 9.17) is 0 Å². The highest BCUT2D eigenvalue weighted by molar-refractivity contribution is 5.78. The minimum Gasteiger partial charge on any atom is -0.353 e. The van der Waals surface area contributed by atoms with E-state index in [-0.39, 0.29) is 24.2 Å². The number of hydrogen-bond donors (Lipinski definition) is 1. The van der Waals surface area contributed by atoms with Crippen LogP contribution in [0.4, 0.5) is 4.39 Å². The van der Waals surface area contributed by atoms with Crippen molar-refractivity contribution < 1.29 is 9.18 Å². The van der Waals surface area contributed by atoms with E-state index < -0.39 is 0 Å². The van der Waals surface area contributed by atoms with Crippen LogP contribution in [0.25, 0.3) is 0 Å². The maximum absolute atomic E-state index is 12.8. The Morgan fingerprint density at radius 2 is 1.71 bits per heavy atom. The number of amides is 1. The van der Waals surface area contributed by atoms with Crippen molar-refractivity contribution in [3.63, 3.8) is 0 Å². The van der Waals surface area contributed by atoms with Crippen LogP contribution in [-0.4, -0.2) is 11.9 Å². The molecule has 110 valence electrons. The van der Waals surface area contributed by atoms with Gasteiger partial charge in [-0.15, -0.1) is 0 Å². The quantitative estimate of drug-likeness (QED) is 0.864. The third kappa shape index (κ3) is 5.38. The van der Waals surface area contributed by atoms with Crippen LogP contribution in [0.1, 0.15) is 24.5 Å². The van der Waals surface area contributed by atoms with E-state index in [1.54, 1.807) is 12.1 Å². The molecule has 1 atom stereocenters. The zero-order chi connectivity index (χ0) is 15.1. The second kappa shape index (κ2) is 7.58. The Kier molecular flexibility index (Phi) is 5.50. The van der Waals surface area contributed by atoms with Crippen molar-refractivity contribution in [2.75, 3.05) is 0 Å². The SMILES string of the molecule is C[C@H](CCc1ccccc1)NC(=O)Cc1ccc(F)cc1. The summed E-state index contributed by atoms with van der Waals surface area (Å²) in [6.07, 6.45) is 2.13. The van der Waals surface area contributed by atoms with Gasteiger partial charge in [0.15, 0.2) is 0 Å². The average molecular weight is 285 g/mol. The Bertz CT molecular complexity index is 566. The molecular weight excluding hydrogens is 265 g/mol. The van der Waals surface area contributed by atoms with Gasteiger partial charge in [-0.05, 0) is 43.0 Å². The second-order valence-electron chi connectivity index (χ2n) is 5.30. The molecule has 1 amide bonds. The summed E-state index contributed by atoms with van der Waals surface area (Å²) in [6, 6.07) is 16.4. The Morgan fingerprint density at radius 3 is 2.38 bits per heavy atom. The summed E-state index contributed by atoms with van der Waals surface area (Å²) in [6.45, 7) is 2.01. The molecule has 3 heteroatoms. The van der Waals surface area contributed by atoms with Gasteiger partial charge in [-0.2, -0.15) is 0 Å². The second-order valence-corrected chi connectivity index (χ2v) is 5.30. The van der Waals surface area contributed by atoms with Crippen molar-refractivity contribution in [1.29, 1.82) is 0 Å². The zero-order valence-corrected chi connectivity index (χ0v) is 12.2. The molecule has 2 rings (SSSR count). The molecule has 0 aliphatic carbocycles. The van der Waals surface area contributed by atoms with Gasteiger partial charge in [-0.25, -0.2) is 4.39 Å². The van der Waals surface area contributed by atoms with Gasteiger partial charge in [0.1, 0.15) is 5.82 Å². The number of carbonyl (C=O) groups is 1. The minimum atomic E-state index is -0.282. The third-order valence-corrected chi connectivity index (χ3v) is 3.39. The highest BCUT2D eigenvalue weighted by atomic mass is 19.1. The van der Waals surface area contributed by atoms with Crippen LogP contribution in [0.2, 0.25) is 0 Å². The lowest BCUT2D eigenvalue weighted by molar-refractivity contribution is -0.121. The summed E-state index contributed by atoms with van der Waals surface area (Å²) < 4.78 is 12.8. The first-order valence-corrected chi connectivity index (χ1v) is 7.21. The Hall–Kier alpha value is -2.16. The van der Waals surface area contributed by atoms with Gasteiger partial charge in [-0.1, -0.05) is 42.5 Å². The molecule has 2 aromatic carbocycles. The van der Waals surface area contributed by atoms with Crippen molar-refractivity contribution in [3.05, 3.63) is 71.5 Å². The topological polar surface area (TPSA) is 29.1 Å². The van der Waals surface area contributed by atoms with Crippen molar-refractivity contribution in [2.24, 2.45) is 0 Å². The van der Waals surface area contributed by atoms with E-state index in [0.717, 1.165) is 18.4 Å². The van der Waals surface area contributed by atoms with E-state index in [1.807, 2.05) is 25.1 Å². The summed E-state index contributed by atoms with van der Waals surface area (Å²) in [5, 5.41) is 2.98. The highest BCUT2D eigenvalue weighted by Crippen LogP contribution is 2.06. The number of nitrogens with one attached hydrogen (secondary N) is 1. The van der Waals surface area contributed by atoms with Crippen molar-refractivity contribution in [3.8, 4) is 0 Å². The molecule has 0 radical (unpaired) electrons. The van der Waals surface area contributed by atoms with Gasteiger partial charge in [-0.3, -0.25) is 4.79 Å². The fourth-order valence-corrected chi connectivity index (χ4v) is 2.21. The number of rotatable bonds is 6. The standard InChI is InChI=1S/C18H20FNO/c1-14(7-8-15-5-3-2-4-6-15)20-18(21)13-16-9-11-17(19)12-10-16/h2-6,9-12,14H,7-8,13H2,1H3,(H,20,21)/t14-/m1/s1. The molecule has 2 aromatic rings.